The SMILES string of the molecule is CCCCCN1CC=C[C@@]23O[C@H]4/C=C\CCC(=O)N[C@@H](COC)[C@H](c5ccccc5)OC(=O)[C@H]4[C@@H]2C(=O)N([C@@H](CO)[C@@H](C)CC)[C@H]3C1=O. The number of fused-ring (bicyclic) bond motifs is 2. The lowest BCUT2D eigenvalue weighted by Gasteiger charge is -2.40. The number of nitrogens with zero attached hydrogens (tertiary/aromatic N) is 2. The average Bonchev–Trinajstić information content (AvgIpc) is 3.47. The number of likely N-dealkylation sites (tertiary alicyclic amines) is 1. The number of amides is 3. The number of aliphatic hydroxyl groups is 1. The smallest absolute Gasteiger partial charge is 0.313 e. The van der Waals surface area contributed by atoms with E-state index in [1.54, 1.807) is 17.1 Å². The van der Waals surface area contributed by atoms with Gasteiger partial charge in [-0.3, -0.25) is 19.2 Å². The average molecular weight is 666 g/mol. The van der Waals surface area contributed by atoms with E-state index in [2.05, 4.69) is 12.2 Å². The van der Waals surface area contributed by atoms with Gasteiger partial charge in [0.25, 0.3) is 0 Å². The first-order chi connectivity index (χ1) is 23.2. The molecule has 9 atom stereocenters. The number of rotatable bonds is 11. The minimum absolute atomic E-state index is 0.0827. The number of nitrogens with one attached hydrogen (secondary N) is 1. The van der Waals surface area contributed by atoms with Crippen molar-refractivity contribution in [2.75, 3.05) is 33.4 Å². The minimum Gasteiger partial charge on any atom is -0.455 e. The van der Waals surface area contributed by atoms with Crippen LogP contribution in [0.3, 0.4) is 0 Å². The monoisotopic (exact) mass is 665 g/mol. The summed E-state index contributed by atoms with van der Waals surface area (Å²) in [7, 11) is 1.52. The summed E-state index contributed by atoms with van der Waals surface area (Å²) in [6.45, 7) is 6.67. The molecule has 48 heavy (non-hydrogen) atoms. The molecule has 4 aliphatic rings. The Labute approximate surface area is 283 Å². The van der Waals surface area contributed by atoms with Crippen molar-refractivity contribution >= 4 is 23.7 Å². The Morgan fingerprint density at radius 3 is 2.54 bits per heavy atom. The third-order valence-corrected chi connectivity index (χ3v) is 10.5. The first kappa shape index (κ1) is 35.8. The number of benzene rings is 1. The van der Waals surface area contributed by atoms with Gasteiger partial charge in [-0.1, -0.05) is 94.7 Å². The van der Waals surface area contributed by atoms with Crippen LogP contribution in [0.1, 0.15) is 71.0 Å². The number of hydrogen-bond donors (Lipinski definition) is 2. The minimum atomic E-state index is -1.46. The topological polar surface area (TPSA) is 135 Å². The first-order valence-electron chi connectivity index (χ1n) is 17.5. The van der Waals surface area contributed by atoms with Crippen LogP contribution in [-0.4, -0.2) is 102 Å². The number of methoxy groups -OCH3 is 1. The van der Waals surface area contributed by atoms with E-state index in [-0.39, 0.29) is 37.4 Å². The molecular formula is C37H51N3O8. The summed E-state index contributed by atoms with van der Waals surface area (Å²) in [5.74, 6) is -3.83. The van der Waals surface area contributed by atoms with Crippen molar-refractivity contribution in [3.8, 4) is 0 Å². The lowest BCUT2D eigenvalue weighted by atomic mass is 9.77. The van der Waals surface area contributed by atoms with E-state index in [1.165, 1.54) is 12.0 Å². The zero-order valence-corrected chi connectivity index (χ0v) is 28.6. The van der Waals surface area contributed by atoms with Crippen molar-refractivity contribution in [3.05, 3.63) is 60.2 Å². The molecular weight excluding hydrogens is 614 g/mol. The Morgan fingerprint density at radius 2 is 1.85 bits per heavy atom. The van der Waals surface area contributed by atoms with Crippen LogP contribution < -0.4 is 5.32 Å². The van der Waals surface area contributed by atoms with Gasteiger partial charge in [0.05, 0.1) is 37.3 Å². The Balaban J connectivity index is 1.62. The molecule has 11 nitrogen and oxygen atoms in total. The number of carbonyl (C=O) groups excluding carboxylic acids is 4. The van der Waals surface area contributed by atoms with E-state index in [1.807, 2.05) is 56.3 Å². The maximum atomic E-state index is 14.9. The van der Waals surface area contributed by atoms with Crippen LogP contribution in [0.5, 0.6) is 0 Å². The molecule has 5 rings (SSSR count). The van der Waals surface area contributed by atoms with Crippen LogP contribution in [-0.2, 0) is 33.4 Å². The molecule has 0 bridgehead atoms. The number of allylic oxidation sites excluding steroid dienone is 1. The van der Waals surface area contributed by atoms with E-state index >= 15 is 0 Å². The predicted octanol–water partition coefficient (Wildman–Crippen LogP) is 3.33. The summed E-state index contributed by atoms with van der Waals surface area (Å²) in [6.07, 6.45) is 9.40. The molecule has 1 spiro atoms. The highest BCUT2D eigenvalue weighted by molar-refractivity contribution is 5.99. The molecule has 0 aromatic heterocycles. The zero-order chi connectivity index (χ0) is 34.4. The van der Waals surface area contributed by atoms with Crippen molar-refractivity contribution in [1.82, 2.24) is 15.1 Å². The van der Waals surface area contributed by atoms with E-state index in [0.29, 0.717) is 31.5 Å². The van der Waals surface area contributed by atoms with Crippen LogP contribution in [0, 0.1) is 17.8 Å². The molecule has 2 N–H and O–H groups in total. The van der Waals surface area contributed by atoms with Crippen LogP contribution in [0.25, 0.3) is 0 Å². The molecule has 0 radical (unpaired) electrons. The molecule has 1 aromatic rings. The molecule has 11 heteroatoms. The molecule has 4 heterocycles. The molecule has 1 aromatic carbocycles. The summed E-state index contributed by atoms with van der Waals surface area (Å²) in [5.41, 5.74) is -0.803. The van der Waals surface area contributed by atoms with E-state index in [0.717, 1.165) is 19.3 Å². The third-order valence-electron chi connectivity index (χ3n) is 10.5. The summed E-state index contributed by atoms with van der Waals surface area (Å²) >= 11 is 0. The van der Waals surface area contributed by atoms with Crippen LogP contribution in [0.4, 0.5) is 0 Å². The van der Waals surface area contributed by atoms with Gasteiger partial charge in [-0.15, -0.1) is 0 Å². The maximum Gasteiger partial charge on any atom is 0.313 e. The van der Waals surface area contributed by atoms with Crippen molar-refractivity contribution in [1.29, 1.82) is 0 Å². The molecule has 2 fully saturated rings. The van der Waals surface area contributed by atoms with Gasteiger partial charge in [0.2, 0.25) is 17.7 Å². The van der Waals surface area contributed by atoms with E-state index in [9.17, 15) is 24.3 Å². The van der Waals surface area contributed by atoms with Crippen LogP contribution in [0.15, 0.2) is 54.6 Å². The Hall–Kier alpha value is -3.54. The van der Waals surface area contributed by atoms with Crippen molar-refractivity contribution in [3.63, 3.8) is 0 Å². The number of hydrogen-bond acceptors (Lipinski definition) is 8. The highest BCUT2D eigenvalue weighted by Gasteiger charge is 2.72. The van der Waals surface area contributed by atoms with Gasteiger partial charge in [0, 0.05) is 26.6 Å². The Morgan fingerprint density at radius 1 is 1.08 bits per heavy atom. The molecule has 4 aliphatic heterocycles. The number of ether oxygens (including phenoxy) is 3. The molecule has 2 saturated heterocycles. The van der Waals surface area contributed by atoms with Crippen molar-refractivity contribution in [2.45, 2.75) is 95.2 Å². The quantitative estimate of drug-likeness (QED) is 0.209. The second-order valence-electron chi connectivity index (χ2n) is 13.5. The van der Waals surface area contributed by atoms with E-state index in [4.69, 9.17) is 14.2 Å². The van der Waals surface area contributed by atoms with Gasteiger partial charge in [-0.05, 0) is 24.3 Å². The predicted molar refractivity (Wildman–Crippen MR) is 178 cm³/mol. The fraction of sp³-hybridized carbons (Fsp3) is 0.622. The Bertz CT molecular complexity index is 1370. The standard InChI is InChI=1S/C37H51N3O8/c1-5-7-13-20-39-21-14-19-37-31(34(43)40(33(37)35(39)44)27(22-41)24(3)6-2)30-28(48-37)17-11-12-18-29(42)38-26(23-46-4)32(47-36(30)45)25-15-9-8-10-16-25/h8-11,14-17,19,24,26-28,30-33,41H,5-7,12-13,18,20-23H2,1-4H3,(H,38,42)/b17-11-/t24-,26-,27-,28-,30+,31+,32-,33-,37+/m0/s1. The highest BCUT2D eigenvalue weighted by Crippen LogP contribution is 2.54. The molecule has 0 saturated carbocycles. The van der Waals surface area contributed by atoms with Crippen molar-refractivity contribution < 1.29 is 38.5 Å². The highest BCUT2D eigenvalue weighted by atomic mass is 16.6. The molecule has 262 valence electrons. The maximum absolute atomic E-state index is 14.9. The molecule has 0 unspecified atom stereocenters. The van der Waals surface area contributed by atoms with Crippen LogP contribution in [0.2, 0.25) is 0 Å². The largest absolute Gasteiger partial charge is 0.455 e. The number of aliphatic hydroxyl groups excluding tert-OH is 1. The zero-order valence-electron chi connectivity index (χ0n) is 28.6. The summed E-state index contributed by atoms with van der Waals surface area (Å²) in [4.78, 5) is 60.3. The van der Waals surface area contributed by atoms with Gasteiger partial charge in [0.15, 0.2) is 0 Å². The van der Waals surface area contributed by atoms with Crippen LogP contribution >= 0.6 is 0 Å². The lowest BCUT2D eigenvalue weighted by Crippen LogP contribution is -2.59. The van der Waals surface area contributed by atoms with Gasteiger partial charge < -0.3 is 34.4 Å². The number of carbonyl (C=O) groups is 4. The normalized spacial score (nSPS) is 32.6. The van der Waals surface area contributed by atoms with Crippen molar-refractivity contribution in [2.24, 2.45) is 17.8 Å². The fourth-order valence-electron chi connectivity index (χ4n) is 7.80. The lowest BCUT2D eigenvalue weighted by molar-refractivity contribution is -0.163. The Kier molecular flexibility index (Phi) is 11.8. The van der Waals surface area contributed by atoms with Gasteiger partial charge in [0.1, 0.15) is 23.7 Å². The number of unbranched alkanes of at least 4 members (excludes halogenated alkanes) is 2. The number of cyclic esters (lactones) is 1. The second-order valence-corrected chi connectivity index (χ2v) is 13.5. The summed E-state index contributed by atoms with van der Waals surface area (Å²) < 4.78 is 18.6. The summed E-state index contributed by atoms with van der Waals surface area (Å²) in [5, 5.41) is 13.7. The number of esters is 1. The third kappa shape index (κ3) is 6.82. The van der Waals surface area contributed by atoms with Gasteiger partial charge in [-0.2, -0.15) is 0 Å². The fourth-order valence-corrected chi connectivity index (χ4v) is 7.80. The summed E-state index contributed by atoms with van der Waals surface area (Å²) in [6, 6.07) is 6.72. The second kappa shape index (κ2) is 15.8. The first-order valence-corrected chi connectivity index (χ1v) is 17.5. The van der Waals surface area contributed by atoms with E-state index < -0.39 is 59.6 Å². The van der Waals surface area contributed by atoms with Gasteiger partial charge in [-0.25, -0.2) is 0 Å². The van der Waals surface area contributed by atoms with Gasteiger partial charge >= 0.3 is 5.97 Å². The molecule has 3 amide bonds. The molecule has 0 aliphatic carbocycles.